The lowest BCUT2D eigenvalue weighted by Crippen LogP contribution is -2.14. The number of nitrogens with two attached hydrogens (primary N) is 1. The van der Waals surface area contributed by atoms with E-state index in [2.05, 4.69) is 23.4 Å². The molecule has 2 N–H and O–H groups in total. The Morgan fingerprint density at radius 2 is 2.00 bits per heavy atom. The van der Waals surface area contributed by atoms with Crippen LogP contribution in [0.15, 0.2) is 18.2 Å². The van der Waals surface area contributed by atoms with Crippen molar-refractivity contribution in [2.75, 3.05) is 0 Å². The molecule has 0 bridgehead atoms. The molecule has 1 unspecified atom stereocenters. The number of imidazole rings is 1. The summed E-state index contributed by atoms with van der Waals surface area (Å²) in [7, 11) is 0. The summed E-state index contributed by atoms with van der Waals surface area (Å²) in [5.74, 6) is 0.910. The summed E-state index contributed by atoms with van der Waals surface area (Å²) in [6.45, 7) is 6.18. The Kier molecular flexibility index (Phi) is 2.91. The van der Waals surface area contributed by atoms with Crippen LogP contribution in [-0.2, 0) is 0 Å². The minimum atomic E-state index is -0.0754. The Hall–Kier alpha value is -1.06. The molecule has 0 aliphatic carbocycles. The number of nitrogens with zero attached hydrogens (tertiary/aromatic N) is 2. The second-order valence-corrected chi connectivity index (χ2v) is 4.79. The Labute approximate surface area is 100 Å². The highest BCUT2D eigenvalue weighted by Crippen LogP contribution is 2.26. The summed E-state index contributed by atoms with van der Waals surface area (Å²) in [5, 5.41) is 0.727. The van der Waals surface area contributed by atoms with Crippen molar-refractivity contribution in [3.8, 4) is 0 Å². The zero-order valence-corrected chi connectivity index (χ0v) is 10.5. The van der Waals surface area contributed by atoms with E-state index in [-0.39, 0.29) is 6.04 Å². The molecule has 0 spiro atoms. The summed E-state index contributed by atoms with van der Waals surface area (Å²) < 4.78 is 2.14. The molecule has 0 saturated heterocycles. The fourth-order valence-electron chi connectivity index (χ4n) is 1.95. The third-order valence-electron chi connectivity index (χ3n) is 2.60. The van der Waals surface area contributed by atoms with Crippen molar-refractivity contribution in [3.05, 3.63) is 29.0 Å². The summed E-state index contributed by atoms with van der Waals surface area (Å²) >= 11 is 6.01. The number of halogens is 1. The first-order chi connectivity index (χ1) is 7.50. The number of rotatable bonds is 2. The SMILES string of the molecule is CC(N)c1nc2ccc(Cl)cc2n1C(C)C. The smallest absolute Gasteiger partial charge is 0.126 e. The van der Waals surface area contributed by atoms with Gasteiger partial charge >= 0.3 is 0 Å². The zero-order chi connectivity index (χ0) is 11.9. The predicted octanol–water partition coefficient (Wildman–Crippen LogP) is 3.29. The van der Waals surface area contributed by atoms with Gasteiger partial charge in [0.2, 0.25) is 0 Å². The third kappa shape index (κ3) is 1.81. The highest BCUT2D eigenvalue weighted by Gasteiger charge is 2.15. The van der Waals surface area contributed by atoms with Crippen molar-refractivity contribution in [2.24, 2.45) is 5.73 Å². The Bertz CT molecular complexity index is 514. The van der Waals surface area contributed by atoms with Gasteiger partial charge in [-0.15, -0.1) is 0 Å². The highest BCUT2D eigenvalue weighted by atomic mass is 35.5. The van der Waals surface area contributed by atoms with E-state index >= 15 is 0 Å². The van der Waals surface area contributed by atoms with Crippen molar-refractivity contribution in [1.29, 1.82) is 0 Å². The van der Waals surface area contributed by atoms with E-state index < -0.39 is 0 Å². The number of hydrogen-bond donors (Lipinski definition) is 1. The van der Waals surface area contributed by atoms with E-state index in [0.29, 0.717) is 6.04 Å². The quantitative estimate of drug-likeness (QED) is 0.871. The third-order valence-corrected chi connectivity index (χ3v) is 2.84. The van der Waals surface area contributed by atoms with Crippen LogP contribution in [0.2, 0.25) is 5.02 Å². The Morgan fingerprint density at radius 3 is 2.56 bits per heavy atom. The van der Waals surface area contributed by atoms with Crippen LogP contribution in [0.1, 0.15) is 38.7 Å². The number of hydrogen-bond acceptors (Lipinski definition) is 2. The number of aromatic nitrogens is 2. The van der Waals surface area contributed by atoms with Gasteiger partial charge in [0, 0.05) is 11.1 Å². The molecular weight excluding hydrogens is 222 g/mol. The fourth-order valence-corrected chi connectivity index (χ4v) is 2.12. The zero-order valence-electron chi connectivity index (χ0n) is 9.74. The van der Waals surface area contributed by atoms with Crippen LogP contribution < -0.4 is 5.73 Å². The van der Waals surface area contributed by atoms with E-state index in [1.807, 2.05) is 25.1 Å². The maximum absolute atomic E-state index is 6.01. The van der Waals surface area contributed by atoms with Gasteiger partial charge in [0.15, 0.2) is 0 Å². The lowest BCUT2D eigenvalue weighted by Gasteiger charge is -2.14. The Balaban J connectivity index is 2.77. The second-order valence-electron chi connectivity index (χ2n) is 4.36. The van der Waals surface area contributed by atoms with Gasteiger partial charge in [0.05, 0.1) is 17.1 Å². The summed E-state index contributed by atoms with van der Waals surface area (Å²) in [6, 6.07) is 5.98. The van der Waals surface area contributed by atoms with Crippen LogP contribution >= 0.6 is 11.6 Å². The van der Waals surface area contributed by atoms with E-state index in [4.69, 9.17) is 17.3 Å². The van der Waals surface area contributed by atoms with Crippen LogP contribution in [-0.4, -0.2) is 9.55 Å². The molecule has 16 heavy (non-hydrogen) atoms. The molecule has 4 heteroatoms. The minimum Gasteiger partial charge on any atom is -0.324 e. The van der Waals surface area contributed by atoms with Gasteiger partial charge in [-0.2, -0.15) is 0 Å². The summed E-state index contributed by atoms with van der Waals surface area (Å²) in [6.07, 6.45) is 0. The first kappa shape index (κ1) is 11.4. The molecule has 0 saturated carbocycles. The average molecular weight is 238 g/mol. The van der Waals surface area contributed by atoms with Crippen molar-refractivity contribution in [2.45, 2.75) is 32.9 Å². The molecule has 2 aromatic rings. The molecule has 3 nitrogen and oxygen atoms in total. The van der Waals surface area contributed by atoms with Crippen LogP contribution in [0.5, 0.6) is 0 Å². The largest absolute Gasteiger partial charge is 0.324 e. The van der Waals surface area contributed by atoms with Crippen LogP contribution in [0, 0.1) is 0 Å². The lowest BCUT2D eigenvalue weighted by atomic mass is 10.2. The van der Waals surface area contributed by atoms with Crippen molar-refractivity contribution < 1.29 is 0 Å². The van der Waals surface area contributed by atoms with Gasteiger partial charge in [-0.3, -0.25) is 0 Å². The van der Waals surface area contributed by atoms with Crippen LogP contribution in [0.4, 0.5) is 0 Å². The first-order valence-electron chi connectivity index (χ1n) is 5.43. The molecular formula is C12H16ClN3. The predicted molar refractivity (Wildman–Crippen MR) is 67.7 cm³/mol. The molecule has 0 aliphatic rings. The van der Waals surface area contributed by atoms with Crippen LogP contribution in [0.3, 0.4) is 0 Å². The maximum Gasteiger partial charge on any atom is 0.126 e. The molecule has 0 radical (unpaired) electrons. The molecule has 0 amide bonds. The first-order valence-corrected chi connectivity index (χ1v) is 5.81. The van der Waals surface area contributed by atoms with Gasteiger partial charge in [0.25, 0.3) is 0 Å². The number of fused-ring (bicyclic) bond motifs is 1. The molecule has 0 aliphatic heterocycles. The topological polar surface area (TPSA) is 43.8 Å². The molecule has 2 rings (SSSR count). The molecule has 86 valence electrons. The van der Waals surface area contributed by atoms with Gasteiger partial charge < -0.3 is 10.3 Å². The normalized spacial score (nSPS) is 13.6. The lowest BCUT2D eigenvalue weighted by molar-refractivity contribution is 0.558. The van der Waals surface area contributed by atoms with E-state index in [9.17, 15) is 0 Å². The minimum absolute atomic E-state index is 0.0754. The van der Waals surface area contributed by atoms with Gasteiger partial charge in [-0.05, 0) is 39.0 Å². The molecule has 0 fully saturated rings. The summed E-state index contributed by atoms with van der Waals surface area (Å²) in [5.41, 5.74) is 7.94. The second kappa shape index (κ2) is 4.07. The van der Waals surface area contributed by atoms with E-state index in [1.165, 1.54) is 0 Å². The monoisotopic (exact) mass is 237 g/mol. The van der Waals surface area contributed by atoms with Gasteiger partial charge in [-0.25, -0.2) is 4.98 Å². The van der Waals surface area contributed by atoms with Crippen molar-refractivity contribution in [1.82, 2.24) is 9.55 Å². The highest BCUT2D eigenvalue weighted by molar-refractivity contribution is 6.31. The van der Waals surface area contributed by atoms with Gasteiger partial charge in [-0.1, -0.05) is 11.6 Å². The van der Waals surface area contributed by atoms with Crippen LogP contribution in [0.25, 0.3) is 11.0 Å². The summed E-state index contributed by atoms with van der Waals surface area (Å²) in [4.78, 5) is 4.55. The molecule has 1 aromatic carbocycles. The maximum atomic E-state index is 6.01. The van der Waals surface area contributed by atoms with E-state index in [0.717, 1.165) is 21.9 Å². The van der Waals surface area contributed by atoms with Crippen molar-refractivity contribution >= 4 is 22.6 Å². The van der Waals surface area contributed by atoms with Crippen molar-refractivity contribution in [3.63, 3.8) is 0 Å². The molecule has 1 aromatic heterocycles. The average Bonchev–Trinajstić information content (AvgIpc) is 2.55. The fraction of sp³-hybridized carbons (Fsp3) is 0.417. The standard InChI is InChI=1S/C12H16ClN3/c1-7(2)16-11-6-9(13)4-5-10(11)15-12(16)8(3)14/h4-8H,14H2,1-3H3. The van der Waals surface area contributed by atoms with Gasteiger partial charge in [0.1, 0.15) is 5.82 Å². The number of benzene rings is 1. The molecule has 1 heterocycles. The Morgan fingerprint density at radius 1 is 1.31 bits per heavy atom. The van der Waals surface area contributed by atoms with E-state index in [1.54, 1.807) is 0 Å². The molecule has 1 atom stereocenters.